The number of carbonyl (C=O) groups is 1. The number of amides is 1. The zero-order valence-corrected chi connectivity index (χ0v) is 22.5. The van der Waals surface area contributed by atoms with Gasteiger partial charge in [0.2, 0.25) is 0 Å². The number of thioether (sulfide) groups is 1. The third-order valence-corrected chi connectivity index (χ3v) is 8.33. The Morgan fingerprint density at radius 3 is 2.53 bits per heavy atom. The van der Waals surface area contributed by atoms with E-state index in [0.717, 1.165) is 36.1 Å². The van der Waals surface area contributed by atoms with Gasteiger partial charge in [-0.05, 0) is 72.4 Å². The SMILES string of the molecule is COc1cc(/C=C2\SC(Nc3ccccc3)N([C@H]3CCCC[C@@H]3C)C2=O)ccc1OCc1ccc(F)cc1. The topological polar surface area (TPSA) is 50.8 Å². The van der Waals surface area contributed by atoms with Gasteiger partial charge < -0.3 is 19.7 Å². The van der Waals surface area contributed by atoms with E-state index in [4.69, 9.17) is 9.47 Å². The summed E-state index contributed by atoms with van der Waals surface area (Å²) in [6.45, 7) is 2.56. The molecule has 0 spiro atoms. The lowest BCUT2D eigenvalue weighted by atomic mass is 9.85. The predicted molar refractivity (Wildman–Crippen MR) is 151 cm³/mol. The molecule has 7 heteroatoms. The zero-order valence-electron chi connectivity index (χ0n) is 21.7. The second-order valence-electron chi connectivity index (χ2n) is 9.86. The van der Waals surface area contributed by atoms with Crippen LogP contribution in [0, 0.1) is 11.7 Å². The minimum atomic E-state index is -0.277. The van der Waals surface area contributed by atoms with Crippen molar-refractivity contribution in [1.29, 1.82) is 0 Å². The van der Waals surface area contributed by atoms with Crippen LogP contribution in [0.4, 0.5) is 10.1 Å². The van der Waals surface area contributed by atoms with Crippen LogP contribution in [0.25, 0.3) is 6.08 Å². The van der Waals surface area contributed by atoms with Crippen LogP contribution < -0.4 is 14.8 Å². The Labute approximate surface area is 228 Å². The number of carbonyl (C=O) groups excluding carboxylic acids is 1. The molecule has 0 bridgehead atoms. The molecular formula is C31H33FN2O3S. The summed E-state index contributed by atoms with van der Waals surface area (Å²) < 4.78 is 24.7. The number of anilines is 1. The van der Waals surface area contributed by atoms with Gasteiger partial charge in [0.15, 0.2) is 17.0 Å². The summed E-state index contributed by atoms with van der Waals surface area (Å²) in [6, 6.07) is 22.1. The van der Waals surface area contributed by atoms with Crippen LogP contribution in [0.3, 0.4) is 0 Å². The highest BCUT2D eigenvalue weighted by atomic mass is 32.2. The molecule has 1 N–H and O–H groups in total. The van der Waals surface area contributed by atoms with Gasteiger partial charge in [-0.2, -0.15) is 0 Å². The van der Waals surface area contributed by atoms with Crippen LogP contribution in [0.5, 0.6) is 11.5 Å². The van der Waals surface area contributed by atoms with Crippen molar-refractivity contribution in [2.24, 2.45) is 5.92 Å². The minimum Gasteiger partial charge on any atom is -0.493 e. The Balaban J connectivity index is 1.37. The van der Waals surface area contributed by atoms with E-state index in [2.05, 4.69) is 17.1 Å². The highest BCUT2D eigenvalue weighted by Gasteiger charge is 2.42. The molecule has 3 atom stereocenters. The average molecular weight is 533 g/mol. The first-order chi connectivity index (χ1) is 18.5. The number of hydrogen-bond donors (Lipinski definition) is 1. The molecule has 5 nitrogen and oxygen atoms in total. The van der Waals surface area contributed by atoms with Crippen LogP contribution in [0.15, 0.2) is 77.7 Å². The Bertz CT molecular complexity index is 1280. The van der Waals surface area contributed by atoms with E-state index < -0.39 is 0 Å². The van der Waals surface area contributed by atoms with Crippen LogP contribution in [-0.4, -0.2) is 29.5 Å². The van der Waals surface area contributed by atoms with E-state index in [-0.39, 0.29) is 23.3 Å². The van der Waals surface area contributed by atoms with Crippen molar-refractivity contribution in [2.45, 2.75) is 50.8 Å². The van der Waals surface area contributed by atoms with Gasteiger partial charge in [-0.25, -0.2) is 4.39 Å². The van der Waals surface area contributed by atoms with Gasteiger partial charge in [0.05, 0.1) is 12.0 Å². The zero-order chi connectivity index (χ0) is 26.5. The summed E-state index contributed by atoms with van der Waals surface area (Å²) in [5.74, 6) is 1.42. The van der Waals surface area contributed by atoms with Crippen molar-refractivity contribution in [2.75, 3.05) is 12.4 Å². The Morgan fingerprint density at radius 1 is 1.03 bits per heavy atom. The molecule has 0 aromatic heterocycles. The predicted octanol–water partition coefficient (Wildman–Crippen LogP) is 7.30. The molecule has 1 amide bonds. The fraction of sp³-hybridized carbons (Fsp3) is 0.323. The van der Waals surface area contributed by atoms with Crippen molar-refractivity contribution in [3.05, 3.63) is 94.6 Å². The molecule has 3 aromatic rings. The fourth-order valence-corrected chi connectivity index (χ4v) is 6.37. The molecular weight excluding hydrogens is 499 g/mol. The van der Waals surface area contributed by atoms with E-state index in [1.54, 1.807) is 31.0 Å². The Kier molecular flexibility index (Phi) is 8.23. The van der Waals surface area contributed by atoms with Crippen molar-refractivity contribution in [3.8, 4) is 11.5 Å². The van der Waals surface area contributed by atoms with Crippen molar-refractivity contribution in [3.63, 3.8) is 0 Å². The Morgan fingerprint density at radius 2 is 1.79 bits per heavy atom. The molecule has 38 heavy (non-hydrogen) atoms. The maximum absolute atomic E-state index is 13.8. The largest absolute Gasteiger partial charge is 0.493 e. The molecule has 2 fully saturated rings. The number of nitrogens with zero attached hydrogens (tertiary/aromatic N) is 1. The number of para-hydroxylation sites is 1. The number of halogens is 1. The summed E-state index contributed by atoms with van der Waals surface area (Å²) in [7, 11) is 1.60. The highest BCUT2D eigenvalue weighted by molar-refractivity contribution is 8.05. The summed E-state index contributed by atoms with van der Waals surface area (Å²) in [6.07, 6.45) is 6.49. The smallest absolute Gasteiger partial charge is 0.262 e. The highest BCUT2D eigenvalue weighted by Crippen LogP contribution is 2.42. The molecule has 3 aromatic carbocycles. The molecule has 1 saturated heterocycles. The van der Waals surface area contributed by atoms with Gasteiger partial charge in [-0.1, -0.05) is 67.9 Å². The van der Waals surface area contributed by atoms with Crippen molar-refractivity contribution < 1.29 is 18.7 Å². The van der Waals surface area contributed by atoms with E-state index >= 15 is 0 Å². The maximum atomic E-state index is 13.8. The van der Waals surface area contributed by atoms with Gasteiger partial charge in [-0.3, -0.25) is 4.79 Å². The molecule has 2 aliphatic rings. The summed E-state index contributed by atoms with van der Waals surface area (Å²) >= 11 is 1.56. The molecule has 1 aliphatic heterocycles. The normalized spacial score (nSPS) is 22.5. The summed E-state index contributed by atoms with van der Waals surface area (Å²) in [5.41, 5.74) is 2.56. The maximum Gasteiger partial charge on any atom is 0.262 e. The van der Waals surface area contributed by atoms with Crippen LogP contribution >= 0.6 is 11.8 Å². The number of rotatable bonds is 8. The summed E-state index contributed by atoms with van der Waals surface area (Å²) in [4.78, 5) is 16.5. The molecule has 1 heterocycles. The molecule has 1 saturated carbocycles. The number of ether oxygens (including phenoxy) is 2. The van der Waals surface area contributed by atoms with Crippen LogP contribution in [-0.2, 0) is 11.4 Å². The first-order valence-corrected chi connectivity index (χ1v) is 14.0. The number of benzene rings is 3. The molecule has 1 unspecified atom stereocenters. The average Bonchev–Trinajstić information content (AvgIpc) is 3.23. The van der Waals surface area contributed by atoms with Gasteiger partial charge in [0, 0.05) is 11.7 Å². The van der Waals surface area contributed by atoms with E-state index in [1.807, 2.05) is 54.6 Å². The van der Waals surface area contributed by atoms with E-state index in [9.17, 15) is 9.18 Å². The van der Waals surface area contributed by atoms with Crippen LogP contribution in [0.2, 0.25) is 0 Å². The fourth-order valence-electron chi connectivity index (χ4n) is 5.15. The van der Waals surface area contributed by atoms with Crippen LogP contribution in [0.1, 0.15) is 43.7 Å². The van der Waals surface area contributed by atoms with Crippen molar-refractivity contribution in [1.82, 2.24) is 4.90 Å². The third kappa shape index (κ3) is 5.99. The van der Waals surface area contributed by atoms with Gasteiger partial charge in [0.25, 0.3) is 5.91 Å². The lowest BCUT2D eigenvalue weighted by Crippen LogP contribution is -2.48. The van der Waals surface area contributed by atoms with E-state index in [0.29, 0.717) is 28.9 Å². The van der Waals surface area contributed by atoms with Crippen molar-refractivity contribution >= 4 is 29.4 Å². The van der Waals surface area contributed by atoms with E-state index in [1.165, 1.54) is 18.6 Å². The minimum absolute atomic E-state index is 0.0674. The lowest BCUT2D eigenvalue weighted by Gasteiger charge is -2.39. The second-order valence-corrected chi connectivity index (χ2v) is 11.0. The quantitative estimate of drug-likeness (QED) is 0.309. The number of nitrogens with one attached hydrogen (secondary N) is 1. The molecule has 1 aliphatic carbocycles. The molecule has 0 radical (unpaired) electrons. The third-order valence-electron chi connectivity index (χ3n) is 7.22. The standard InChI is InChI=1S/C31H33FN2O3S/c1-21-8-6-7-11-26(21)34-30(35)29(38-31(34)33-25-9-4-3-5-10-25)19-23-14-17-27(28(18-23)36-2)37-20-22-12-15-24(32)16-13-22/h3-5,9-10,12-19,21,26,31,33H,6-8,11,20H2,1-2H3/b29-19-/t21-,26-,31?/m0/s1. The number of hydrogen-bond acceptors (Lipinski definition) is 5. The second kappa shape index (κ2) is 11.9. The first-order valence-electron chi connectivity index (χ1n) is 13.1. The van der Waals surface area contributed by atoms with Gasteiger partial charge >= 0.3 is 0 Å². The van der Waals surface area contributed by atoms with Gasteiger partial charge in [-0.15, -0.1) is 0 Å². The van der Waals surface area contributed by atoms with Gasteiger partial charge in [0.1, 0.15) is 12.4 Å². The monoisotopic (exact) mass is 532 g/mol. The first kappa shape index (κ1) is 26.2. The molecule has 198 valence electrons. The summed E-state index contributed by atoms with van der Waals surface area (Å²) in [5, 5.41) is 3.58. The molecule has 5 rings (SSSR count). The number of methoxy groups -OCH3 is 1. The lowest BCUT2D eigenvalue weighted by molar-refractivity contribution is -0.129. The Hall–Kier alpha value is -3.45.